The van der Waals surface area contributed by atoms with Gasteiger partial charge in [-0.15, -0.1) is 11.3 Å². The summed E-state index contributed by atoms with van der Waals surface area (Å²) in [6.07, 6.45) is 6.51. The number of ether oxygens (including phenoxy) is 1. The molecule has 0 spiro atoms. The first-order valence-corrected chi connectivity index (χ1v) is 7.09. The van der Waals surface area contributed by atoms with Gasteiger partial charge in [-0.3, -0.25) is 4.68 Å². The minimum absolute atomic E-state index is 0.330. The lowest BCUT2D eigenvalue weighted by Gasteiger charge is -2.08. The Morgan fingerprint density at radius 3 is 3.33 bits per heavy atom. The van der Waals surface area contributed by atoms with Crippen molar-refractivity contribution in [1.29, 1.82) is 0 Å². The van der Waals surface area contributed by atoms with Crippen molar-refractivity contribution in [2.24, 2.45) is 0 Å². The van der Waals surface area contributed by atoms with Gasteiger partial charge >= 0.3 is 0 Å². The van der Waals surface area contributed by atoms with E-state index in [2.05, 4.69) is 15.4 Å². The van der Waals surface area contributed by atoms with Crippen LogP contribution in [0, 0.1) is 0 Å². The van der Waals surface area contributed by atoms with Crippen molar-refractivity contribution >= 4 is 17.0 Å². The first-order chi connectivity index (χ1) is 8.90. The van der Waals surface area contributed by atoms with Crippen molar-refractivity contribution in [3.8, 4) is 0 Å². The van der Waals surface area contributed by atoms with E-state index in [0.717, 1.165) is 37.5 Å². The Bertz CT molecular complexity index is 476. The third-order valence-corrected chi connectivity index (χ3v) is 3.64. The van der Waals surface area contributed by atoms with E-state index in [9.17, 15) is 0 Å². The molecule has 3 rings (SSSR count). The molecule has 0 aromatic carbocycles. The minimum Gasteiger partial charge on any atom is -0.377 e. The molecule has 0 aliphatic carbocycles. The Morgan fingerprint density at radius 1 is 1.56 bits per heavy atom. The molecule has 1 aliphatic heterocycles. The standard InChI is InChI=1S/C12H16N4OS/c1-2-12(17-3-1)7-16-6-10(5-15-16)13-4-11-8-18-9-14-11/h5-6,8-9,12-13H,1-4,7H2. The van der Waals surface area contributed by atoms with Crippen LogP contribution in [-0.2, 0) is 17.8 Å². The van der Waals surface area contributed by atoms with Gasteiger partial charge in [0.1, 0.15) is 0 Å². The summed E-state index contributed by atoms with van der Waals surface area (Å²) in [5, 5.41) is 9.69. The quantitative estimate of drug-likeness (QED) is 0.899. The van der Waals surface area contributed by atoms with E-state index in [4.69, 9.17) is 4.74 Å². The molecule has 6 heteroatoms. The zero-order valence-electron chi connectivity index (χ0n) is 10.1. The lowest BCUT2D eigenvalue weighted by Crippen LogP contribution is -2.15. The topological polar surface area (TPSA) is 52.0 Å². The van der Waals surface area contributed by atoms with E-state index in [1.807, 2.05) is 28.0 Å². The zero-order chi connectivity index (χ0) is 12.2. The van der Waals surface area contributed by atoms with Crippen LogP contribution in [0.4, 0.5) is 5.69 Å². The summed E-state index contributed by atoms with van der Waals surface area (Å²) in [5.41, 5.74) is 3.94. The molecule has 0 radical (unpaired) electrons. The van der Waals surface area contributed by atoms with Gasteiger partial charge in [0, 0.05) is 18.2 Å². The number of aromatic nitrogens is 3. The van der Waals surface area contributed by atoms with E-state index in [0.29, 0.717) is 6.10 Å². The molecule has 3 heterocycles. The average molecular weight is 264 g/mol. The van der Waals surface area contributed by atoms with Crippen LogP contribution >= 0.6 is 11.3 Å². The monoisotopic (exact) mass is 264 g/mol. The van der Waals surface area contributed by atoms with Crippen LogP contribution in [-0.4, -0.2) is 27.5 Å². The molecular weight excluding hydrogens is 248 g/mol. The molecule has 0 bridgehead atoms. The molecule has 0 amide bonds. The summed E-state index contributed by atoms with van der Waals surface area (Å²) < 4.78 is 7.54. The number of hydrogen-bond donors (Lipinski definition) is 1. The van der Waals surface area contributed by atoms with Crippen LogP contribution in [0.3, 0.4) is 0 Å². The molecule has 18 heavy (non-hydrogen) atoms. The smallest absolute Gasteiger partial charge is 0.0795 e. The van der Waals surface area contributed by atoms with Crippen LogP contribution in [0.25, 0.3) is 0 Å². The van der Waals surface area contributed by atoms with Crippen molar-refractivity contribution in [2.45, 2.75) is 32.0 Å². The van der Waals surface area contributed by atoms with E-state index in [1.54, 1.807) is 11.3 Å². The second-order valence-corrected chi connectivity index (χ2v) is 5.14. The first-order valence-electron chi connectivity index (χ1n) is 6.15. The molecule has 0 saturated carbocycles. The van der Waals surface area contributed by atoms with Gasteiger partial charge in [-0.2, -0.15) is 5.10 Å². The van der Waals surface area contributed by atoms with Crippen LogP contribution in [0.2, 0.25) is 0 Å². The third-order valence-electron chi connectivity index (χ3n) is 3.01. The number of rotatable bonds is 5. The molecule has 1 fully saturated rings. The fourth-order valence-electron chi connectivity index (χ4n) is 2.07. The van der Waals surface area contributed by atoms with Gasteiger partial charge in [0.15, 0.2) is 0 Å². The molecule has 1 unspecified atom stereocenters. The largest absolute Gasteiger partial charge is 0.377 e. The van der Waals surface area contributed by atoms with Crippen molar-refractivity contribution in [3.05, 3.63) is 29.0 Å². The maximum Gasteiger partial charge on any atom is 0.0795 e. The van der Waals surface area contributed by atoms with Gasteiger partial charge in [-0.05, 0) is 12.8 Å². The van der Waals surface area contributed by atoms with Gasteiger partial charge in [-0.25, -0.2) is 4.98 Å². The van der Waals surface area contributed by atoms with Crippen molar-refractivity contribution in [3.63, 3.8) is 0 Å². The molecule has 1 aliphatic rings. The second kappa shape index (κ2) is 5.49. The van der Waals surface area contributed by atoms with Crippen molar-refractivity contribution in [1.82, 2.24) is 14.8 Å². The predicted molar refractivity (Wildman–Crippen MR) is 70.6 cm³/mol. The van der Waals surface area contributed by atoms with Crippen molar-refractivity contribution in [2.75, 3.05) is 11.9 Å². The fourth-order valence-corrected chi connectivity index (χ4v) is 2.63. The minimum atomic E-state index is 0.330. The molecule has 1 saturated heterocycles. The van der Waals surface area contributed by atoms with Gasteiger partial charge in [0.25, 0.3) is 0 Å². The van der Waals surface area contributed by atoms with Crippen molar-refractivity contribution < 1.29 is 4.74 Å². The summed E-state index contributed by atoms with van der Waals surface area (Å²) in [4.78, 5) is 4.23. The summed E-state index contributed by atoms with van der Waals surface area (Å²) >= 11 is 1.61. The molecule has 1 atom stereocenters. The Kier molecular flexibility index (Phi) is 3.56. The number of thiazole rings is 1. The number of nitrogens with zero attached hydrogens (tertiary/aromatic N) is 3. The Morgan fingerprint density at radius 2 is 2.56 bits per heavy atom. The van der Waals surface area contributed by atoms with Gasteiger partial charge in [0.2, 0.25) is 0 Å². The second-order valence-electron chi connectivity index (χ2n) is 4.42. The highest BCUT2D eigenvalue weighted by Crippen LogP contribution is 2.15. The zero-order valence-corrected chi connectivity index (χ0v) is 10.9. The van der Waals surface area contributed by atoms with Crippen LogP contribution in [0.5, 0.6) is 0 Å². The highest BCUT2D eigenvalue weighted by atomic mass is 32.1. The van der Waals surface area contributed by atoms with Gasteiger partial charge in [0.05, 0.1) is 42.3 Å². The number of nitrogens with one attached hydrogen (secondary N) is 1. The van der Waals surface area contributed by atoms with E-state index in [1.165, 1.54) is 6.42 Å². The summed E-state index contributed by atoms with van der Waals surface area (Å²) in [6.45, 7) is 2.48. The average Bonchev–Trinajstić information content (AvgIpc) is 3.09. The van der Waals surface area contributed by atoms with Crippen LogP contribution < -0.4 is 5.32 Å². The summed E-state index contributed by atoms with van der Waals surface area (Å²) in [5.74, 6) is 0. The maximum atomic E-state index is 5.60. The molecule has 5 nitrogen and oxygen atoms in total. The molecular formula is C12H16N4OS. The molecule has 1 N–H and O–H groups in total. The normalized spacial score (nSPS) is 19.2. The highest BCUT2D eigenvalue weighted by Gasteiger charge is 2.16. The first kappa shape index (κ1) is 11.7. The van der Waals surface area contributed by atoms with Gasteiger partial charge < -0.3 is 10.1 Å². The predicted octanol–water partition coefficient (Wildman–Crippen LogP) is 2.13. The fraction of sp³-hybridized carbons (Fsp3) is 0.500. The summed E-state index contributed by atoms with van der Waals surface area (Å²) in [7, 11) is 0. The Hall–Kier alpha value is -1.40. The number of hydrogen-bond acceptors (Lipinski definition) is 5. The molecule has 2 aromatic rings. The van der Waals surface area contributed by atoms with E-state index in [-0.39, 0.29) is 0 Å². The van der Waals surface area contributed by atoms with Gasteiger partial charge in [-0.1, -0.05) is 0 Å². The number of anilines is 1. The van der Waals surface area contributed by atoms with E-state index < -0.39 is 0 Å². The third kappa shape index (κ3) is 2.88. The highest BCUT2D eigenvalue weighted by molar-refractivity contribution is 7.07. The Balaban J connectivity index is 1.52. The SMILES string of the molecule is c1nc(CNc2cnn(CC3CCCO3)c2)cs1. The van der Waals surface area contributed by atoms with Crippen LogP contribution in [0.1, 0.15) is 18.5 Å². The lowest BCUT2D eigenvalue weighted by molar-refractivity contribution is 0.0940. The van der Waals surface area contributed by atoms with E-state index >= 15 is 0 Å². The van der Waals surface area contributed by atoms with Crippen LogP contribution in [0.15, 0.2) is 23.3 Å². The maximum absolute atomic E-state index is 5.60. The summed E-state index contributed by atoms with van der Waals surface area (Å²) in [6, 6.07) is 0. The molecule has 2 aromatic heterocycles. The molecule has 96 valence electrons. The lowest BCUT2D eigenvalue weighted by atomic mass is 10.2. The Labute approximate surface area is 110 Å².